The highest BCUT2D eigenvalue weighted by Gasteiger charge is 2.30. The Hall–Kier alpha value is -2.24. The van der Waals surface area contributed by atoms with Crippen molar-refractivity contribution in [2.45, 2.75) is 64.8 Å². The summed E-state index contributed by atoms with van der Waals surface area (Å²) in [4.78, 5) is 27.4. The van der Waals surface area contributed by atoms with Gasteiger partial charge in [-0.15, -0.1) is 0 Å². The molecule has 0 spiro atoms. The smallest absolute Gasteiger partial charge is 0.245 e. The van der Waals surface area contributed by atoms with Gasteiger partial charge < -0.3 is 19.7 Å². The molecule has 6 heteroatoms. The number of nitrogens with one attached hydrogen (secondary N) is 1. The molecule has 168 valence electrons. The third-order valence-electron chi connectivity index (χ3n) is 5.99. The highest BCUT2D eigenvalue weighted by molar-refractivity contribution is 5.88. The molecular formula is C24H38N2O4. The molecule has 0 aromatic heterocycles. The highest BCUT2D eigenvalue weighted by Crippen LogP contribution is 2.28. The monoisotopic (exact) mass is 418 g/mol. The van der Waals surface area contributed by atoms with Crippen LogP contribution >= 0.6 is 0 Å². The lowest BCUT2D eigenvalue weighted by Crippen LogP contribution is -2.52. The summed E-state index contributed by atoms with van der Waals surface area (Å²) >= 11 is 0. The summed E-state index contributed by atoms with van der Waals surface area (Å²) in [6, 6.07) is 5.43. The molecule has 1 aliphatic carbocycles. The topological polar surface area (TPSA) is 67.9 Å². The third-order valence-corrected chi connectivity index (χ3v) is 5.99. The number of aryl methyl sites for hydroxylation is 1. The van der Waals surface area contributed by atoms with Crippen LogP contribution in [0.15, 0.2) is 18.2 Å². The Labute approximate surface area is 181 Å². The van der Waals surface area contributed by atoms with Gasteiger partial charge in [0.15, 0.2) is 11.5 Å². The first-order chi connectivity index (χ1) is 14.4. The van der Waals surface area contributed by atoms with Gasteiger partial charge in [-0.25, -0.2) is 0 Å². The van der Waals surface area contributed by atoms with Gasteiger partial charge in [0, 0.05) is 19.5 Å². The molecule has 2 amide bonds. The lowest BCUT2D eigenvalue weighted by Gasteiger charge is -2.29. The molecular weight excluding hydrogens is 380 g/mol. The van der Waals surface area contributed by atoms with Gasteiger partial charge in [-0.05, 0) is 49.3 Å². The van der Waals surface area contributed by atoms with E-state index in [2.05, 4.69) is 5.32 Å². The van der Waals surface area contributed by atoms with Crippen molar-refractivity contribution < 1.29 is 19.1 Å². The van der Waals surface area contributed by atoms with Crippen molar-refractivity contribution in [3.63, 3.8) is 0 Å². The Morgan fingerprint density at radius 3 is 2.37 bits per heavy atom. The molecule has 2 rings (SSSR count). The first kappa shape index (κ1) is 24.0. The first-order valence-electron chi connectivity index (χ1n) is 11.1. The molecule has 1 aromatic carbocycles. The molecule has 30 heavy (non-hydrogen) atoms. The van der Waals surface area contributed by atoms with E-state index < -0.39 is 6.04 Å². The number of amides is 2. The average Bonchev–Trinajstić information content (AvgIpc) is 2.76. The number of benzene rings is 1. The van der Waals surface area contributed by atoms with Crippen molar-refractivity contribution in [1.82, 2.24) is 10.2 Å². The van der Waals surface area contributed by atoms with Gasteiger partial charge in [0.2, 0.25) is 11.8 Å². The standard InChI is InChI=1S/C24H38N2O4/c1-17(2)22(25-23(27)19-11-7-6-8-12-19)24(28)26(3)15-9-10-18-13-14-20(29-4)21(16-18)30-5/h13-14,16-17,19,22H,6-12,15H2,1-5H3,(H,25,27)/t22-/m1/s1. The molecule has 6 nitrogen and oxygen atoms in total. The highest BCUT2D eigenvalue weighted by atomic mass is 16.5. The van der Waals surface area contributed by atoms with Crippen molar-refractivity contribution in [3.8, 4) is 11.5 Å². The number of ether oxygens (including phenoxy) is 2. The van der Waals surface area contributed by atoms with Gasteiger partial charge in [0.1, 0.15) is 6.04 Å². The fraction of sp³-hybridized carbons (Fsp3) is 0.667. The summed E-state index contributed by atoms with van der Waals surface area (Å²) in [6.45, 7) is 4.61. The summed E-state index contributed by atoms with van der Waals surface area (Å²) in [5.74, 6) is 1.57. The zero-order chi connectivity index (χ0) is 22.1. The minimum absolute atomic E-state index is 0.0125. The Bertz CT molecular complexity index is 698. The molecule has 0 heterocycles. The molecule has 0 bridgehead atoms. The van der Waals surface area contributed by atoms with Crippen LogP contribution in [0.2, 0.25) is 0 Å². The van der Waals surface area contributed by atoms with Crippen LogP contribution in [0.1, 0.15) is 57.9 Å². The van der Waals surface area contributed by atoms with E-state index in [0.717, 1.165) is 44.1 Å². The number of rotatable bonds is 10. The molecule has 1 atom stereocenters. The van der Waals surface area contributed by atoms with Crippen molar-refractivity contribution >= 4 is 11.8 Å². The molecule has 1 fully saturated rings. The second kappa shape index (κ2) is 11.8. The summed E-state index contributed by atoms with van der Waals surface area (Å²) in [6.07, 6.45) is 6.96. The van der Waals surface area contributed by atoms with Crippen molar-refractivity contribution in [2.24, 2.45) is 11.8 Å². The number of methoxy groups -OCH3 is 2. The van der Waals surface area contributed by atoms with Crippen molar-refractivity contribution in [3.05, 3.63) is 23.8 Å². The number of likely N-dealkylation sites (N-methyl/N-ethyl adjacent to an activating group) is 1. The van der Waals surface area contributed by atoms with Crippen LogP contribution in [0.4, 0.5) is 0 Å². The van der Waals surface area contributed by atoms with Crippen LogP contribution in [0, 0.1) is 11.8 Å². The quantitative estimate of drug-likeness (QED) is 0.627. The van der Waals surface area contributed by atoms with E-state index in [-0.39, 0.29) is 23.7 Å². The van der Waals surface area contributed by atoms with E-state index in [0.29, 0.717) is 18.0 Å². The van der Waals surface area contributed by atoms with Gasteiger partial charge >= 0.3 is 0 Å². The molecule has 0 aliphatic heterocycles. The SMILES string of the molecule is COc1ccc(CCCN(C)C(=O)[C@H](NC(=O)C2CCCCC2)C(C)C)cc1OC. The van der Waals surface area contributed by atoms with Crippen LogP contribution in [0.25, 0.3) is 0 Å². The zero-order valence-corrected chi connectivity index (χ0v) is 19.2. The minimum atomic E-state index is -0.467. The third kappa shape index (κ3) is 6.64. The number of carbonyl (C=O) groups is 2. The van der Waals surface area contributed by atoms with Crippen molar-refractivity contribution in [2.75, 3.05) is 27.8 Å². The second-order valence-corrected chi connectivity index (χ2v) is 8.62. The minimum Gasteiger partial charge on any atom is -0.493 e. The second-order valence-electron chi connectivity index (χ2n) is 8.62. The summed E-state index contributed by atoms with van der Waals surface area (Å²) in [7, 11) is 5.07. The Morgan fingerprint density at radius 1 is 1.10 bits per heavy atom. The molecule has 1 N–H and O–H groups in total. The summed E-state index contributed by atoms with van der Waals surface area (Å²) in [5.41, 5.74) is 1.14. The van der Waals surface area contributed by atoms with Gasteiger partial charge in [-0.3, -0.25) is 9.59 Å². The summed E-state index contributed by atoms with van der Waals surface area (Å²) in [5, 5.41) is 3.04. The number of nitrogens with zero attached hydrogens (tertiary/aromatic N) is 1. The molecule has 1 aromatic rings. The molecule has 1 aliphatic rings. The van der Waals surface area contributed by atoms with E-state index >= 15 is 0 Å². The van der Waals surface area contributed by atoms with Gasteiger partial charge in [-0.2, -0.15) is 0 Å². The van der Waals surface area contributed by atoms with Crippen LogP contribution < -0.4 is 14.8 Å². The molecule has 0 unspecified atom stereocenters. The molecule has 1 saturated carbocycles. The number of carbonyl (C=O) groups excluding carboxylic acids is 2. The van der Waals surface area contributed by atoms with E-state index in [4.69, 9.17) is 9.47 Å². The Morgan fingerprint density at radius 2 is 1.77 bits per heavy atom. The van der Waals surface area contributed by atoms with Gasteiger partial charge in [0.25, 0.3) is 0 Å². The lowest BCUT2D eigenvalue weighted by molar-refractivity contribution is -0.138. The van der Waals surface area contributed by atoms with Crippen molar-refractivity contribution in [1.29, 1.82) is 0 Å². The maximum Gasteiger partial charge on any atom is 0.245 e. The van der Waals surface area contributed by atoms with E-state index in [9.17, 15) is 9.59 Å². The lowest BCUT2D eigenvalue weighted by atomic mass is 9.88. The summed E-state index contributed by atoms with van der Waals surface area (Å²) < 4.78 is 10.6. The van der Waals surface area contributed by atoms with Crippen LogP contribution in [0.5, 0.6) is 11.5 Å². The predicted octanol–water partition coefficient (Wildman–Crippen LogP) is 3.82. The maximum absolute atomic E-state index is 13.0. The zero-order valence-electron chi connectivity index (χ0n) is 19.2. The van der Waals surface area contributed by atoms with Gasteiger partial charge in [0.05, 0.1) is 14.2 Å². The van der Waals surface area contributed by atoms with Crippen LogP contribution in [-0.4, -0.2) is 50.6 Å². The largest absolute Gasteiger partial charge is 0.493 e. The molecule has 0 radical (unpaired) electrons. The average molecular weight is 419 g/mol. The van der Waals surface area contributed by atoms with E-state index in [1.54, 1.807) is 19.1 Å². The van der Waals surface area contributed by atoms with E-state index in [1.807, 2.05) is 39.1 Å². The Balaban J connectivity index is 1.88. The normalized spacial score (nSPS) is 15.5. The first-order valence-corrected chi connectivity index (χ1v) is 11.1. The molecule has 0 saturated heterocycles. The number of hydrogen-bond acceptors (Lipinski definition) is 4. The van der Waals surface area contributed by atoms with E-state index in [1.165, 1.54) is 6.42 Å². The van der Waals surface area contributed by atoms with Gasteiger partial charge in [-0.1, -0.05) is 39.2 Å². The van der Waals surface area contributed by atoms with Crippen LogP contribution in [-0.2, 0) is 16.0 Å². The number of hydrogen-bond donors (Lipinski definition) is 1. The fourth-order valence-electron chi connectivity index (χ4n) is 4.05. The predicted molar refractivity (Wildman–Crippen MR) is 119 cm³/mol. The fourth-order valence-corrected chi connectivity index (χ4v) is 4.05. The maximum atomic E-state index is 13.0. The van der Waals surface area contributed by atoms with Crippen LogP contribution in [0.3, 0.4) is 0 Å². The Kier molecular flexibility index (Phi) is 9.47.